The first-order valence-corrected chi connectivity index (χ1v) is 10.4. The first-order chi connectivity index (χ1) is 16.1. The highest BCUT2D eigenvalue weighted by molar-refractivity contribution is 5.69. The maximum absolute atomic E-state index is 10.4. The van der Waals surface area contributed by atoms with Gasteiger partial charge in [0, 0.05) is 12.1 Å². The van der Waals surface area contributed by atoms with Gasteiger partial charge in [-0.1, -0.05) is 0 Å². The van der Waals surface area contributed by atoms with E-state index in [1.54, 1.807) is 0 Å². The standard InChI is InChI=1S/C23H26O11/c1-9-18(26)20(28)21(29)23(32-9)34-17-8-12-13(25)6-11(24)7-14(12)33-22(17)10-4-15(30-2)19(27)16(5-10)31-3/h4-9,18,20-29H,1-3H3/p+1/t9-,18-,20+,21-,22?,23-/m0/s1. The highest BCUT2D eigenvalue weighted by Crippen LogP contribution is 2.48. The SMILES string of the molecule is COc1cc(C2[OH+]c3cc(O)cc(O)c3C=C2O[C@@H]2O[C@@H](C)[C@H](O)[C@@H](O)[C@@H]2O)cc(OC)c1O. The smallest absolute Gasteiger partial charge is 0.270 e. The number of ether oxygens (including phenoxy) is 5. The summed E-state index contributed by atoms with van der Waals surface area (Å²) in [6, 6.07) is 5.52. The Kier molecular flexibility index (Phi) is 6.36. The Morgan fingerprint density at radius 2 is 1.53 bits per heavy atom. The first kappa shape index (κ1) is 23.8. The molecule has 0 aliphatic carbocycles. The van der Waals surface area contributed by atoms with E-state index in [0.29, 0.717) is 5.56 Å². The van der Waals surface area contributed by atoms with Crippen LogP contribution in [0.2, 0.25) is 0 Å². The van der Waals surface area contributed by atoms with Crippen molar-refractivity contribution < 1.29 is 54.3 Å². The molecule has 0 aromatic heterocycles. The molecule has 1 saturated heterocycles. The summed E-state index contributed by atoms with van der Waals surface area (Å²) in [6.45, 7) is 1.52. The Morgan fingerprint density at radius 1 is 0.882 bits per heavy atom. The fourth-order valence-electron chi connectivity index (χ4n) is 3.94. The van der Waals surface area contributed by atoms with Crippen molar-refractivity contribution in [2.45, 2.75) is 43.7 Å². The van der Waals surface area contributed by atoms with Crippen molar-refractivity contribution in [3.63, 3.8) is 0 Å². The molecule has 2 heterocycles. The van der Waals surface area contributed by atoms with Crippen molar-refractivity contribution in [2.24, 2.45) is 0 Å². The molecule has 2 aromatic rings. The third-order valence-electron chi connectivity index (χ3n) is 5.82. The molecule has 0 saturated carbocycles. The minimum atomic E-state index is -1.58. The van der Waals surface area contributed by atoms with Crippen LogP contribution in [-0.4, -0.2) is 80.3 Å². The van der Waals surface area contributed by atoms with Gasteiger partial charge in [-0.3, -0.25) is 0 Å². The van der Waals surface area contributed by atoms with Crippen molar-refractivity contribution in [3.05, 3.63) is 41.2 Å². The van der Waals surface area contributed by atoms with E-state index >= 15 is 0 Å². The Bertz CT molecular complexity index is 1070. The molecule has 0 bridgehead atoms. The molecule has 4 rings (SSSR count). The molecule has 0 amide bonds. The van der Waals surface area contributed by atoms with Gasteiger partial charge in [0.05, 0.1) is 32.0 Å². The van der Waals surface area contributed by atoms with Gasteiger partial charge in [-0.05, 0) is 19.1 Å². The quantitative estimate of drug-likeness (QED) is 0.340. The van der Waals surface area contributed by atoms with E-state index in [0.717, 1.165) is 6.07 Å². The van der Waals surface area contributed by atoms with Gasteiger partial charge in [-0.2, -0.15) is 0 Å². The summed E-state index contributed by atoms with van der Waals surface area (Å²) in [5.74, 6) is -0.0896. The summed E-state index contributed by atoms with van der Waals surface area (Å²) in [6.07, 6.45) is -6.05. The Labute approximate surface area is 194 Å². The summed E-state index contributed by atoms with van der Waals surface area (Å²) in [5.41, 5.74) is 0.700. The largest absolute Gasteiger partial charge is 0.571 e. The average Bonchev–Trinajstić information content (AvgIpc) is 2.81. The number of methoxy groups -OCH3 is 2. The summed E-state index contributed by atoms with van der Waals surface area (Å²) >= 11 is 0. The topological polar surface area (TPSA) is 171 Å². The summed E-state index contributed by atoms with van der Waals surface area (Å²) < 4.78 is 26.5. The Balaban J connectivity index is 1.79. The first-order valence-electron chi connectivity index (χ1n) is 10.4. The van der Waals surface area contributed by atoms with Crippen molar-refractivity contribution in [3.8, 4) is 34.5 Å². The molecule has 2 aromatic carbocycles. The normalized spacial score (nSPS) is 28.4. The van der Waals surface area contributed by atoms with E-state index in [1.165, 1.54) is 45.4 Å². The summed E-state index contributed by atoms with van der Waals surface area (Å²) in [5, 5.41) is 61.1. The van der Waals surface area contributed by atoms with Crippen molar-refractivity contribution >= 4 is 6.08 Å². The van der Waals surface area contributed by atoms with Crippen LogP contribution in [0, 0.1) is 0 Å². The average molecular weight is 479 g/mol. The minimum Gasteiger partial charge on any atom is -0.571 e. The number of hydrogen-bond acceptors (Lipinski definition) is 10. The number of rotatable bonds is 5. The van der Waals surface area contributed by atoms with Crippen LogP contribution in [0.1, 0.15) is 24.2 Å². The highest BCUT2D eigenvalue weighted by Gasteiger charge is 2.45. The maximum atomic E-state index is 10.4. The number of phenolic OH excluding ortho intramolecular Hbond substituents is 3. The molecule has 2 aliphatic heterocycles. The van der Waals surface area contributed by atoms with Crippen LogP contribution in [0.25, 0.3) is 6.08 Å². The third kappa shape index (κ3) is 4.14. The fraction of sp³-hybridized carbons (Fsp3) is 0.391. The van der Waals surface area contributed by atoms with Crippen LogP contribution in [0.4, 0.5) is 0 Å². The van der Waals surface area contributed by atoms with Crippen LogP contribution < -0.4 is 9.47 Å². The van der Waals surface area contributed by atoms with Gasteiger partial charge in [0.15, 0.2) is 17.3 Å². The van der Waals surface area contributed by atoms with Crippen LogP contribution in [0.5, 0.6) is 34.5 Å². The molecular weight excluding hydrogens is 452 g/mol. The van der Waals surface area contributed by atoms with Gasteiger partial charge < -0.3 is 54.3 Å². The number of hydrogen-bond donors (Lipinski definition) is 6. The number of phenols is 3. The fourth-order valence-corrected chi connectivity index (χ4v) is 3.94. The lowest BCUT2D eigenvalue weighted by Gasteiger charge is -2.40. The lowest BCUT2D eigenvalue weighted by molar-refractivity contribution is -0.287. The molecule has 2 aliphatic rings. The number of aliphatic hydroxyl groups excluding tert-OH is 3. The number of benzene rings is 2. The molecule has 184 valence electrons. The highest BCUT2D eigenvalue weighted by atomic mass is 16.7. The van der Waals surface area contributed by atoms with E-state index in [4.69, 9.17) is 18.9 Å². The Hall–Kier alpha value is -3.38. The van der Waals surface area contributed by atoms with Gasteiger partial charge in [0.1, 0.15) is 35.4 Å². The molecule has 1 fully saturated rings. The van der Waals surface area contributed by atoms with Gasteiger partial charge >= 0.3 is 0 Å². The van der Waals surface area contributed by atoms with Gasteiger partial charge in [0.2, 0.25) is 12.0 Å². The second kappa shape index (κ2) is 9.11. The molecule has 34 heavy (non-hydrogen) atoms. The number of aromatic hydroxyl groups is 4. The number of fused-ring (bicyclic) bond motifs is 1. The lowest BCUT2D eigenvalue weighted by atomic mass is 9.98. The van der Waals surface area contributed by atoms with Crippen LogP contribution in [0.15, 0.2) is 30.0 Å². The van der Waals surface area contributed by atoms with Crippen molar-refractivity contribution in [1.82, 2.24) is 0 Å². The maximum Gasteiger partial charge on any atom is 0.270 e. The van der Waals surface area contributed by atoms with E-state index in [2.05, 4.69) is 4.74 Å². The molecule has 0 radical (unpaired) electrons. The van der Waals surface area contributed by atoms with Crippen LogP contribution in [-0.2, 0) is 9.47 Å². The summed E-state index contributed by atoms with van der Waals surface area (Å²) in [7, 11) is 2.74. The van der Waals surface area contributed by atoms with Crippen molar-refractivity contribution in [2.75, 3.05) is 14.2 Å². The molecule has 1 unspecified atom stereocenters. The zero-order chi connectivity index (χ0) is 24.7. The molecule has 11 nitrogen and oxygen atoms in total. The summed E-state index contributed by atoms with van der Waals surface area (Å²) in [4.78, 5) is 0. The number of aliphatic hydroxyl groups is 4. The zero-order valence-corrected chi connectivity index (χ0v) is 18.6. The van der Waals surface area contributed by atoms with Crippen molar-refractivity contribution in [1.29, 1.82) is 0 Å². The second-order valence-corrected chi connectivity index (χ2v) is 8.05. The van der Waals surface area contributed by atoms with E-state index in [9.17, 15) is 30.6 Å². The van der Waals surface area contributed by atoms with Gasteiger partial charge in [-0.15, -0.1) is 0 Å². The molecule has 0 spiro atoms. The molecular formula is C23H27O11+. The van der Waals surface area contributed by atoms with E-state index < -0.39 is 36.8 Å². The van der Waals surface area contributed by atoms with E-state index in [1.807, 2.05) is 0 Å². The van der Waals surface area contributed by atoms with Gasteiger partial charge in [0.25, 0.3) is 11.9 Å². The minimum absolute atomic E-state index is 0.106. The third-order valence-corrected chi connectivity index (χ3v) is 5.82. The predicted octanol–water partition coefficient (Wildman–Crippen LogP) is 1.00. The van der Waals surface area contributed by atoms with E-state index in [-0.39, 0.29) is 45.8 Å². The van der Waals surface area contributed by atoms with Crippen LogP contribution >= 0.6 is 0 Å². The second-order valence-electron chi connectivity index (χ2n) is 8.05. The lowest BCUT2D eigenvalue weighted by Crippen LogP contribution is -2.57. The zero-order valence-electron chi connectivity index (χ0n) is 18.6. The van der Waals surface area contributed by atoms with Gasteiger partial charge in [-0.25, -0.2) is 0 Å². The predicted molar refractivity (Wildman–Crippen MR) is 117 cm³/mol. The monoisotopic (exact) mass is 479 g/mol. The molecule has 11 heteroatoms. The molecule has 7 N–H and O–H groups in total. The molecule has 6 atom stereocenters. The Morgan fingerprint density at radius 3 is 2.15 bits per heavy atom. The van der Waals surface area contributed by atoms with Crippen LogP contribution in [0.3, 0.4) is 0 Å².